The molecule has 19 heavy (non-hydrogen) atoms. The number of rotatable bonds is 5. The van der Waals surface area contributed by atoms with E-state index in [1.807, 2.05) is 6.92 Å². The highest BCUT2D eigenvalue weighted by Gasteiger charge is 2.15. The summed E-state index contributed by atoms with van der Waals surface area (Å²) in [5, 5.41) is 10.7. The number of likely N-dealkylation sites (N-methyl/N-ethyl adjacent to an activating group) is 1. The molecule has 0 spiro atoms. The van der Waals surface area contributed by atoms with Crippen LogP contribution in [0.5, 0.6) is 0 Å². The predicted octanol–water partition coefficient (Wildman–Crippen LogP) is 0.119. The molecule has 0 saturated carbocycles. The number of carbonyl (C=O) groups is 1. The summed E-state index contributed by atoms with van der Waals surface area (Å²) < 4.78 is 22.3. The van der Waals surface area contributed by atoms with Gasteiger partial charge in [0.25, 0.3) is 0 Å². The molecule has 0 aliphatic heterocycles. The van der Waals surface area contributed by atoms with Gasteiger partial charge in [0.05, 0.1) is 10.9 Å². The molecule has 2 atom stereocenters. The van der Waals surface area contributed by atoms with E-state index in [0.717, 1.165) is 5.56 Å². The van der Waals surface area contributed by atoms with Gasteiger partial charge in [0.15, 0.2) is 0 Å². The number of nitrogens with one attached hydrogen (secondary N) is 2. The van der Waals surface area contributed by atoms with E-state index >= 15 is 0 Å². The Kier molecular flexibility index (Phi) is 5.04. The molecule has 1 aromatic carbocycles. The predicted molar refractivity (Wildman–Crippen MR) is 72.9 cm³/mol. The summed E-state index contributed by atoms with van der Waals surface area (Å²) >= 11 is 0. The van der Waals surface area contributed by atoms with Gasteiger partial charge in [-0.25, -0.2) is 13.6 Å². The summed E-state index contributed by atoms with van der Waals surface area (Å²) in [5.74, 6) is -0.104. The minimum absolute atomic E-state index is 0.0720. The van der Waals surface area contributed by atoms with Crippen LogP contribution in [0.25, 0.3) is 0 Å². The standard InChI is InChI=1S/C12H19N3O3S/c1-8(15-9(2)12(16)14-3)10-4-6-11(7-5-10)19(13,17)18/h4-9,15H,1-3H3,(H,14,16)(H2,13,17,18). The third-order valence-electron chi connectivity index (χ3n) is 2.85. The van der Waals surface area contributed by atoms with Crippen LogP contribution in [0.3, 0.4) is 0 Å². The largest absolute Gasteiger partial charge is 0.358 e. The maximum atomic E-state index is 11.4. The SMILES string of the molecule is CNC(=O)C(C)NC(C)c1ccc(S(N)(=O)=O)cc1. The van der Waals surface area contributed by atoms with Crippen LogP contribution in [-0.4, -0.2) is 27.4 Å². The van der Waals surface area contributed by atoms with Gasteiger partial charge in [0, 0.05) is 13.1 Å². The molecule has 1 rings (SSSR count). The molecule has 106 valence electrons. The Balaban J connectivity index is 2.79. The van der Waals surface area contributed by atoms with Crippen LogP contribution in [0.4, 0.5) is 0 Å². The summed E-state index contributed by atoms with van der Waals surface area (Å²) in [6.07, 6.45) is 0. The van der Waals surface area contributed by atoms with E-state index in [2.05, 4.69) is 10.6 Å². The van der Waals surface area contributed by atoms with Gasteiger partial charge in [0.1, 0.15) is 0 Å². The Bertz CT molecular complexity index is 540. The first-order chi connectivity index (χ1) is 8.75. The number of hydrogen-bond acceptors (Lipinski definition) is 4. The molecule has 1 amide bonds. The van der Waals surface area contributed by atoms with E-state index in [1.54, 1.807) is 26.1 Å². The van der Waals surface area contributed by atoms with Crippen molar-refractivity contribution in [1.29, 1.82) is 0 Å². The van der Waals surface area contributed by atoms with Gasteiger partial charge in [-0.3, -0.25) is 10.1 Å². The van der Waals surface area contributed by atoms with Crippen molar-refractivity contribution in [3.8, 4) is 0 Å². The second-order valence-electron chi connectivity index (χ2n) is 4.34. The van der Waals surface area contributed by atoms with E-state index in [0.29, 0.717) is 0 Å². The van der Waals surface area contributed by atoms with Crippen LogP contribution >= 0.6 is 0 Å². The molecular weight excluding hydrogens is 266 g/mol. The molecule has 6 nitrogen and oxygen atoms in total. The topological polar surface area (TPSA) is 101 Å². The van der Waals surface area contributed by atoms with Crippen LogP contribution in [0, 0.1) is 0 Å². The van der Waals surface area contributed by atoms with Gasteiger partial charge in [-0.2, -0.15) is 0 Å². The Labute approximate surface area is 113 Å². The molecular formula is C12H19N3O3S. The van der Waals surface area contributed by atoms with Crippen LogP contribution in [0.15, 0.2) is 29.2 Å². The lowest BCUT2D eigenvalue weighted by Crippen LogP contribution is -2.41. The van der Waals surface area contributed by atoms with Crippen LogP contribution < -0.4 is 15.8 Å². The summed E-state index contributed by atoms with van der Waals surface area (Å²) in [6, 6.07) is 5.84. The second-order valence-corrected chi connectivity index (χ2v) is 5.90. The van der Waals surface area contributed by atoms with Crippen molar-refractivity contribution in [2.75, 3.05) is 7.05 Å². The number of sulfonamides is 1. The van der Waals surface area contributed by atoms with E-state index in [-0.39, 0.29) is 22.9 Å². The van der Waals surface area contributed by atoms with Gasteiger partial charge in [-0.05, 0) is 31.5 Å². The Morgan fingerprint density at radius 1 is 1.21 bits per heavy atom. The summed E-state index contributed by atoms with van der Waals surface area (Å²) in [6.45, 7) is 3.65. The van der Waals surface area contributed by atoms with E-state index in [4.69, 9.17) is 5.14 Å². The summed E-state index contributed by atoms with van der Waals surface area (Å²) in [7, 11) is -2.09. The first-order valence-electron chi connectivity index (χ1n) is 5.86. The molecule has 0 aromatic heterocycles. The fourth-order valence-electron chi connectivity index (χ4n) is 1.71. The van der Waals surface area contributed by atoms with E-state index in [1.165, 1.54) is 12.1 Å². The van der Waals surface area contributed by atoms with Gasteiger partial charge in [-0.1, -0.05) is 12.1 Å². The third kappa shape index (κ3) is 4.30. The molecule has 0 aliphatic rings. The van der Waals surface area contributed by atoms with Crippen LogP contribution in [0.2, 0.25) is 0 Å². The number of carbonyl (C=O) groups excluding carboxylic acids is 1. The Hall–Kier alpha value is -1.44. The maximum absolute atomic E-state index is 11.4. The third-order valence-corrected chi connectivity index (χ3v) is 3.78. The van der Waals surface area contributed by atoms with Crippen molar-refractivity contribution in [3.63, 3.8) is 0 Å². The zero-order chi connectivity index (χ0) is 14.6. The number of primary sulfonamides is 1. The second kappa shape index (κ2) is 6.14. The number of benzene rings is 1. The quantitative estimate of drug-likeness (QED) is 0.715. The highest BCUT2D eigenvalue weighted by Crippen LogP contribution is 2.15. The first-order valence-corrected chi connectivity index (χ1v) is 7.40. The lowest BCUT2D eigenvalue weighted by atomic mass is 10.1. The molecule has 0 heterocycles. The van der Waals surface area contributed by atoms with E-state index in [9.17, 15) is 13.2 Å². The average molecular weight is 285 g/mol. The van der Waals surface area contributed by atoms with Crippen molar-refractivity contribution in [1.82, 2.24) is 10.6 Å². The van der Waals surface area contributed by atoms with Crippen molar-refractivity contribution < 1.29 is 13.2 Å². The number of nitrogens with two attached hydrogens (primary N) is 1. The van der Waals surface area contributed by atoms with Crippen molar-refractivity contribution in [3.05, 3.63) is 29.8 Å². The highest BCUT2D eigenvalue weighted by atomic mass is 32.2. The number of amides is 1. The summed E-state index contributed by atoms with van der Waals surface area (Å²) in [4.78, 5) is 11.5. The summed E-state index contributed by atoms with van der Waals surface area (Å²) in [5.41, 5.74) is 0.878. The molecule has 0 fully saturated rings. The lowest BCUT2D eigenvalue weighted by Gasteiger charge is -2.19. The Morgan fingerprint density at radius 2 is 1.74 bits per heavy atom. The fraction of sp³-hybridized carbons (Fsp3) is 0.417. The molecule has 0 saturated heterocycles. The molecule has 2 unspecified atom stereocenters. The molecule has 0 bridgehead atoms. The van der Waals surface area contributed by atoms with Crippen molar-refractivity contribution in [2.45, 2.75) is 30.8 Å². The van der Waals surface area contributed by atoms with Crippen molar-refractivity contribution in [2.24, 2.45) is 5.14 Å². The average Bonchev–Trinajstić information content (AvgIpc) is 2.36. The molecule has 0 radical (unpaired) electrons. The van der Waals surface area contributed by atoms with Gasteiger partial charge in [0.2, 0.25) is 15.9 Å². The smallest absolute Gasteiger partial charge is 0.238 e. The minimum atomic E-state index is -3.67. The van der Waals surface area contributed by atoms with Crippen molar-refractivity contribution >= 4 is 15.9 Å². The van der Waals surface area contributed by atoms with Gasteiger partial charge >= 0.3 is 0 Å². The van der Waals surface area contributed by atoms with Crippen LogP contribution in [-0.2, 0) is 14.8 Å². The molecule has 1 aromatic rings. The zero-order valence-electron chi connectivity index (χ0n) is 11.2. The zero-order valence-corrected chi connectivity index (χ0v) is 12.0. The first kappa shape index (κ1) is 15.6. The van der Waals surface area contributed by atoms with Gasteiger partial charge < -0.3 is 5.32 Å². The normalized spacial score (nSPS) is 14.7. The van der Waals surface area contributed by atoms with Crippen LogP contribution in [0.1, 0.15) is 25.5 Å². The number of hydrogen-bond donors (Lipinski definition) is 3. The lowest BCUT2D eigenvalue weighted by molar-refractivity contribution is -0.122. The minimum Gasteiger partial charge on any atom is -0.358 e. The monoisotopic (exact) mass is 285 g/mol. The van der Waals surface area contributed by atoms with E-state index < -0.39 is 10.0 Å². The Morgan fingerprint density at radius 3 is 2.16 bits per heavy atom. The highest BCUT2D eigenvalue weighted by molar-refractivity contribution is 7.89. The maximum Gasteiger partial charge on any atom is 0.238 e. The molecule has 4 N–H and O–H groups in total. The fourth-order valence-corrected chi connectivity index (χ4v) is 2.23. The van der Waals surface area contributed by atoms with Gasteiger partial charge in [-0.15, -0.1) is 0 Å². The molecule has 7 heteroatoms. The molecule has 0 aliphatic carbocycles.